The van der Waals surface area contributed by atoms with Crippen molar-refractivity contribution < 1.29 is 10.2 Å². The number of hydrogen-bond acceptors (Lipinski definition) is 4. The fourth-order valence-corrected chi connectivity index (χ4v) is 2.64. The van der Waals surface area contributed by atoms with Crippen molar-refractivity contribution in [2.45, 2.75) is 13.5 Å². The molecule has 0 unspecified atom stereocenters. The molecule has 1 saturated heterocycles. The molecule has 0 saturated carbocycles. The van der Waals surface area contributed by atoms with E-state index in [4.69, 9.17) is 0 Å². The van der Waals surface area contributed by atoms with Gasteiger partial charge in [-0.1, -0.05) is 37.3 Å². The normalized spacial score (nSPS) is 18.4. The molecule has 0 spiro atoms. The van der Waals surface area contributed by atoms with E-state index in [9.17, 15) is 10.2 Å². The summed E-state index contributed by atoms with van der Waals surface area (Å²) in [5.74, 6) is 0. The minimum atomic E-state index is -0.387. The van der Waals surface area contributed by atoms with Crippen LogP contribution in [0.5, 0.6) is 0 Å². The SMILES string of the molecule is CC(CO)(CO)CN1CCN(Cc2ccccc2)CC1. The fraction of sp³-hybridized carbons (Fsp3) is 0.625. The van der Waals surface area contributed by atoms with E-state index in [1.54, 1.807) is 0 Å². The van der Waals surface area contributed by atoms with E-state index in [0.717, 1.165) is 39.3 Å². The molecule has 1 fully saturated rings. The zero-order chi connectivity index (χ0) is 14.4. The van der Waals surface area contributed by atoms with Crippen LogP contribution in [0.2, 0.25) is 0 Å². The predicted molar refractivity (Wildman–Crippen MR) is 80.4 cm³/mol. The molecule has 1 heterocycles. The number of hydrogen-bond donors (Lipinski definition) is 2. The first-order valence-corrected chi connectivity index (χ1v) is 7.35. The second kappa shape index (κ2) is 7.18. The van der Waals surface area contributed by atoms with Gasteiger partial charge in [0.15, 0.2) is 0 Å². The van der Waals surface area contributed by atoms with Crippen LogP contribution < -0.4 is 0 Å². The number of rotatable bonds is 6. The summed E-state index contributed by atoms with van der Waals surface area (Å²) in [6.45, 7) is 7.87. The van der Waals surface area contributed by atoms with Gasteiger partial charge < -0.3 is 15.1 Å². The zero-order valence-electron chi connectivity index (χ0n) is 12.3. The Bertz CT molecular complexity index is 385. The molecule has 0 bridgehead atoms. The van der Waals surface area contributed by atoms with Crippen LogP contribution in [-0.2, 0) is 6.54 Å². The molecule has 2 rings (SSSR count). The Kier molecular flexibility index (Phi) is 5.54. The highest BCUT2D eigenvalue weighted by atomic mass is 16.3. The molecule has 0 atom stereocenters. The molecule has 20 heavy (non-hydrogen) atoms. The van der Waals surface area contributed by atoms with Crippen LogP contribution in [0.3, 0.4) is 0 Å². The fourth-order valence-electron chi connectivity index (χ4n) is 2.64. The summed E-state index contributed by atoms with van der Waals surface area (Å²) in [6, 6.07) is 10.5. The Hall–Kier alpha value is -0.940. The second-order valence-corrected chi connectivity index (χ2v) is 6.16. The van der Waals surface area contributed by atoms with Crippen LogP contribution in [0, 0.1) is 5.41 Å². The Morgan fingerprint density at radius 1 is 0.950 bits per heavy atom. The van der Waals surface area contributed by atoms with Crippen molar-refractivity contribution in [2.24, 2.45) is 5.41 Å². The largest absolute Gasteiger partial charge is 0.396 e. The van der Waals surface area contributed by atoms with Gasteiger partial charge in [0.25, 0.3) is 0 Å². The van der Waals surface area contributed by atoms with Crippen LogP contribution >= 0.6 is 0 Å². The van der Waals surface area contributed by atoms with Gasteiger partial charge in [-0.05, 0) is 5.56 Å². The molecular formula is C16H26N2O2. The third kappa shape index (κ3) is 4.28. The van der Waals surface area contributed by atoms with Gasteiger partial charge in [-0.2, -0.15) is 0 Å². The number of benzene rings is 1. The van der Waals surface area contributed by atoms with Crippen molar-refractivity contribution in [3.05, 3.63) is 35.9 Å². The lowest BCUT2D eigenvalue weighted by Crippen LogP contribution is -2.50. The lowest BCUT2D eigenvalue weighted by atomic mass is 9.92. The molecule has 1 aromatic carbocycles. The lowest BCUT2D eigenvalue weighted by molar-refractivity contribution is 0.0179. The molecule has 0 amide bonds. The Morgan fingerprint density at radius 2 is 1.50 bits per heavy atom. The summed E-state index contributed by atoms with van der Waals surface area (Å²) >= 11 is 0. The van der Waals surface area contributed by atoms with E-state index in [0.29, 0.717) is 0 Å². The van der Waals surface area contributed by atoms with Crippen molar-refractivity contribution in [3.63, 3.8) is 0 Å². The summed E-state index contributed by atoms with van der Waals surface area (Å²) in [7, 11) is 0. The van der Waals surface area contributed by atoms with Crippen molar-refractivity contribution in [1.29, 1.82) is 0 Å². The van der Waals surface area contributed by atoms with E-state index >= 15 is 0 Å². The highest BCUT2D eigenvalue weighted by Crippen LogP contribution is 2.18. The van der Waals surface area contributed by atoms with Gasteiger partial charge in [0, 0.05) is 44.7 Å². The van der Waals surface area contributed by atoms with Crippen LogP contribution in [0.4, 0.5) is 0 Å². The summed E-state index contributed by atoms with van der Waals surface area (Å²) in [5, 5.41) is 18.7. The molecule has 1 aromatic rings. The Morgan fingerprint density at radius 3 is 2.05 bits per heavy atom. The highest BCUT2D eigenvalue weighted by molar-refractivity contribution is 5.14. The lowest BCUT2D eigenvalue weighted by Gasteiger charge is -2.39. The van der Waals surface area contributed by atoms with E-state index in [1.165, 1.54) is 5.56 Å². The number of nitrogens with zero attached hydrogens (tertiary/aromatic N) is 2. The van der Waals surface area contributed by atoms with Gasteiger partial charge in [-0.15, -0.1) is 0 Å². The van der Waals surface area contributed by atoms with Crippen molar-refractivity contribution in [1.82, 2.24) is 9.80 Å². The van der Waals surface area contributed by atoms with Gasteiger partial charge in [0.05, 0.1) is 13.2 Å². The van der Waals surface area contributed by atoms with Crippen LogP contribution in [-0.4, -0.2) is 66.0 Å². The number of piperazine rings is 1. The summed E-state index contributed by atoms with van der Waals surface area (Å²) in [4.78, 5) is 4.80. The predicted octanol–water partition coefficient (Wildman–Crippen LogP) is 0.795. The van der Waals surface area contributed by atoms with Gasteiger partial charge in [-0.3, -0.25) is 4.90 Å². The van der Waals surface area contributed by atoms with Gasteiger partial charge >= 0.3 is 0 Å². The first kappa shape index (κ1) is 15.4. The molecule has 1 aliphatic rings. The second-order valence-electron chi connectivity index (χ2n) is 6.16. The van der Waals surface area contributed by atoms with Crippen LogP contribution in [0.15, 0.2) is 30.3 Å². The number of aliphatic hydroxyl groups excluding tert-OH is 2. The molecule has 4 heteroatoms. The first-order chi connectivity index (χ1) is 9.65. The number of aliphatic hydroxyl groups is 2. The average Bonchev–Trinajstić information content (AvgIpc) is 2.50. The van der Waals surface area contributed by atoms with E-state index in [-0.39, 0.29) is 18.6 Å². The van der Waals surface area contributed by atoms with Gasteiger partial charge in [-0.25, -0.2) is 0 Å². The highest BCUT2D eigenvalue weighted by Gasteiger charge is 2.27. The molecule has 112 valence electrons. The van der Waals surface area contributed by atoms with Gasteiger partial charge in [0.2, 0.25) is 0 Å². The third-order valence-corrected chi connectivity index (χ3v) is 4.08. The Balaban J connectivity index is 1.78. The van der Waals surface area contributed by atoms with Gasteiger partial charge in [0.1, 0.15) is 0 Å². The molecule has 0 aromatic heterocycles. The molecular weight excluding hydrogens is 252 g/mol. The molecule has 1 aliphatic heterocycles. The van der Waals surface area contributed by atoms with E-state index < -0.39 is 0 Å². The Labute approximate surface area is 121 Å². The van der Waals surface area contributed by atoms with Crippen molar-refractivity contribution >= 4 is 0 Å². The van der Waals surface area contributed by atoms with E-state index in [1.807, 2.05) is 13.0 Å². The topological polar surface area (TPSA) is 46.9 Å². The van der Waals surface area contributed by atoms with Crippen molar-refractivity contribution in [3.8, 4) is 0 Å². The minimum absolute atomic E-state index is 0.0354. The molecule has 0 aliphatic carbocycles. The maximum atomic E-state index is 9.37. The molecule has 2 N–H and O–H groups in total. The summed E-state index contributed by atoms with van der Waals surface area (Å²) in [6.07, 6.45) is 0. The standard InChI is InChI=1S/C16H26N2O2/c1-16(13-19,14-20)12-18-9-7-17(8-10-18)11-15-5-3-2-4-6-15/h2-6,19-20H,7-14H2,1H3. The third-order valence-electron chi connectivity index (χ3n) is 4.08. The summed E-state index contributed by atoms with van der Waals surface area (Å²) in [5.41, 5.74) is 0.971. The van der Waals surface area contributed by atoms with Crippen LogP contribution in [0.1, 0.15) is 12.5 Å². The minimum Gasteiger partial charge on any atom is -0.396 e. The van der Waals surface area contributed by atoms with Crippen LogP contribution in [0.25, 0.3) is 0 Å². The summed E-state index contributed by atoms with van der Waals surface area (Å²) < 4.78 is 0. The zero-order valence-corrected chi connectivity index (χ0v) is 12.3. The smallest absolute Gasteiger partial charge is 0.0519 e. The quantitative estimate of drug-likeness (QED) is 0.808. The van der Waals surface area contributed by atoms with E-state index in [2.05, 4.69) is 34.1 Å². The average molecular weight is 278 g/mol. The maximum absolute atomic E-state index is 9.37. The monoisotopic (exact) mass is 278 g/mol. The first-order valence-electron chi connectivity index (χ1n) is 7.35. The maximum Gasteiger partial charge on any atom is 0.0519 e. The molecule has 4 nitrogen and oxygen atoms in total. The van der Waals surface area contributed by atoms with Crippen molar-refractivity contribution in [2.75, 3.05) is 45.9 Å². The molecule has 0 radical (unpaired) electrons.